The first-order valence-electron chi connectivity index (χ1n) is 7.29. The molecule has 2 aliphatic rings. The molecule has 2 heterocycles. The summed E-state index contributed by atoms with van der Waals surface area (Å²) >= 11 is 0. The number of piperidine rings is 1. The van der Waals surface area contributed by atoms with Crippen LogP contribution in [0.2, 0.25) is 0 Å². The molecule has 2 N–H and O–H groups in total. The smallest absolute Gasteiger partial charge is 0.251 e. The topological polar surface area (TPSA) is 55.6 Å². The van der Waals surface area contributed by atoms with E-state index in [0.717, 1.165) is 32.2 Å². The van der Waals surface area contributed by atoms with Gasteiger partial charge in [0.05, 0.1) is 6.10 Å². The Kier molecular flexibility index (Phi) is 4.62. The van der Waals surface area contributed by atoms with E-state index in [1.165, 1.54) is 6.42 Å². The van der Waals surface area contributed by atoms with Gasteiger partial charge in [0.25, 0.3) is 5.91 Å². The van der Waals surface area contributed by atoms with E-state index in [9.17, 15) is 4.79 Å². The molecule has 0 bridgehead atoms. The summed E-state index contributed by atoms with van der Waals surface area (Å²) in [5.41, 5.74) is 5.60. The summed E-state index contributed by atoms with van der Waals surface area (Å²) in [6.07, 6.45) is 5.11. The van der Waals surface area contributed by atoms with E-state index in [1.54, 1.807) is 0 Å². The summed E-state index contributed by atoms with van der Waals surface area (Å²) in [6, 6.07) is 0.395. The van der Waals surface area contributed by atoms with E-state index < -0.39 is 0 Å². The molecule has 0 aromatic heterocycles. The van der Waals surface area contributed by atoms with Gasteiger partial charge in [-0.15, -0.1) is 0 Å². The standard InChI is InChI=1S/C14H26N2O2/c1-10(2)12-5-3-4-8-16(12)14(17)13-7-6-11(9-15)18-13/h10-13H,3-9,15H2,1-2H3/t11-,12?,13+/m1/s1. The number of carbonyl (C=O) groups is 1. The maximum absolute atomic E-state index is 12.5. The van der Waals surface area contributed by atoms with Crippen LogP contribution in [-0.2, 0) is 9.53 Å². The lowest BCUT2D eigenvalue weighted by molar-refractivity contribution is -0.147. The highest BCUT2D eigenvalue weighted by Gasteiger charge is 2.37. The van der Waals surface area contributed by atoms with E-state index in [4.69, 9.17) is 10.5 Å². The average molecular weight is 254 g/mol. The molecule has 104 valence electrons. The van der Waals surface area contributed by atoms with Gasteiger partial charge in [-0.3, -0.25) is 4.79 Å². The molecule has 0 aliphatic carbocycles. The zero-order chi connectivity index (χ0) is 13.1. The van der Waals surface area contributed by atoms with Crippen LogP contribution >= 0.6 is 0 Å². The molecule has 4 heteroatoms. The third-order valence-corrected chi connectivity index (χ3v) is 4.25. The Bertz CT molecular complexity index is 294. The molecule has 0 aromatic carbocycles. The van der Waals surface area contributed by atoms with Crippen LogP contribution in [0.5, 0.6) is 0 Å². The molecule has 2 fully saturated rings. The Morgan fingerprint density at radius 3 is 2.72 bits per heavy atom. The number of amides is 1. The van der Waals surface area contributed by atoms with E-state index in [1.807, 2.05) is 0 Å². The summed E-state index contributed by atoms with van der Waals surface area (Å²) < 4.78 is 5.74. The van der Waals surface area contributed by atoms with E-state index in [-0.39, 0.29) is 18.1 Å². The number of hydrogen-bond donors (Lipinski definition) is 1. The van der Waals surface area contributed by atoms with Crippen molar-refractivity contribution >= 4 is 5.91 Å². The summed E-state index contributed by atoms with van der Waals surface area (Å²) in [4.78, 5) is 14.6. The van der Waals surface area contributed by atoms with Gasteiger partial charge in [-0.2, -0.15) is 0 Å². The third-order valence-electron chi connectivity index (χ3n) is 4.25. The molecular formula is C14H26N2O2. The van der Waals surface area contributed by atoms with Crippen LogP contribution in [0.3, 0.4) is 0 Å². The Labute approximate surface area is 110 Å². The Morgan fingerprint density at radius 1 is 1.33 bits per heavy atom. The average Bonchev–Trinajstić information content (AvgIpc) is 2.86. The quantitative estimate of drug-likeness (QED) is 0.831. The zero-order valence-electron chi connectivity index (χ0n) is 11.6. The molecule has 4 nitrogen and oxygen atoms in total. The van der Waals surface area contributed by atoms with Crippen molar-refractivity contribution < 1.29 is 9.53 Å². The van der Waals surface area contributed by atoms with Crippen molar-refractivity contribution in [2.24, 2.45) is 11.7 Å². The fraction of sp³-hybridized carbons (Fsp3) is 0.929. The lowest BCUT2D eigenvalue weighted by Gasteiger charge is -2.39. The van der Waals surface area contributed by atoms with Gasteiger partial charge in [0, 0.05) is 19.1 Å². The number of hydrogen-bond acceptors (Lipinski definition) is 3. The van der Waals surface area contributed by atoms with Crippen LogP contribution in [0.4, 0.5) is 0 Å². The normalized spacial score (nSPS) is 33.1. The second-order valence-corrected chi connectivity index (χ2v) is 5.90. The number of nitrogens with two attached hydrogens (primary N) is 1. The van der Waals surface area contributed by atoms with Crippen LogP contribution in [0.15, 0.2) is 0 Å². The molecular weight excluding hydrogens is 228 g/mol. The maximum Gasteiger partial charge on any atom is 0.251 e. The molecule has 2 saturated heterocycles. The number of nitrogens with zero attached hydrogens (tertiary/aromatic N) is 1. The number of rotatable bonds is 3. The van der Waals surface area contributed by atoms with E-state index in [2.05, 4.69) is 18.7 Å². The van der Waals surface area contributed by atoms with Gasteiger partial charge < -0.3 is 15.4 Å². The molecule has 2 aliphatic heterocycles. The number of ether oxygens (including phenoxy) is 1. The SMILES string of the molecule is CC(C)C1CCCCN1C(=O)[C@@H]1CC[C@H](CN)O1. The lowest BCUT2D eigenvalue weighted by atomic mass is 9.92. The predicted molar refractivity (Wildman–Crippen MR) is 71.1 cm³/mol. The van der Waals surface area contributed by atoms with Crippen LogP contribution in [0, 0.1) is 5.92 Å². The van der Waals surface area contributed by atoms with Gasteiger partial charge in [0.1, 0.15) is 6.10 Å². The molecule has 0 aromatic rings. The Morgan fingerprint density at radius 2 is 2.11 bits per heavy atom. The minimum absolute atomic E-state index is 0.0845. The highest BCUT2D eigenvalue weighted by molar-refractivity contribution is 5.81. The van der Waals surface area contributed by atoms with Crippen LogP contribution in [0.1, 0.15) is 46.0 Å². The second kappa shape index (κ2) is 6.02. The van der Waals surface area contributed by atoms with Gasteiger partial charge in [0.15, 0.2) is 0 Å². The largest absolute Gasteiger partial charge is 0.364 e. The first kappa shape index (κ1) is 13.8. The molecule has 18 heavy (non-hydrogen) atoms. The van der Waals surface area contributed by atoms with Crippen molar-refractivity contribution in [1.82, 2.24) is 4.90 Å². The number of carbonyl (C=O) groups excluding carboxylic acids is 1. The minimum atomic E-state index is -0.238. The lowest BCUT2D eigenvalue weighted by Crippen LogP contribution is -2.50. The van der Waals surface area contributed by atoms with Crippen molar-refractivity contribution in [3.63, 3.8) is 0 Å². The molecule has 2 rings (SSSR count). The van der Waals surface area contributed by atoms with E-state index in [0.29, 0.717) is 18.5 Å². The first-order chi connectivity index (χ1) is 8.63. The summed E-state index contributed by atoms with van der Waals surface area (Å²) in [5.74, 6) is 0.727. The monoisotopic (exact) mass is 254 g/mol. The molecule has 1 amide bonds. The van der Waals surface area contributed by atoms with Gasteiger partial charge in [-0.25, -0.2) is 0 Å². The second-order valence-electron chi connectivity index (χ2n) is 5.90. The van der Waals surface area contributed by atoms with Crippen molar-refractivity contribution in [1.29, 1.82) is 0 Å². The fourth-order valence-corrected chi connectivity index (χ4v) is 3.17. The van der Waals surface area contributed by atoms with Crippen molar-refractivity contribution in [2.75, 3.05) is 13.1 Å². The van der Waals surface area contributed by atoms with Gasteiger partial charge >= 0.3 is 0 Å². The minimum Gasteiger partial charge on any atom is -0.364 e. The first-order valence-corrected chi connectivity index (χ1v) is 7.29. The van der Waals surface area contributed by atoms with Gasteiger partial charge in [-0.1, -0.05) is 13.8 Å². The van der Waals surface area contributed by atoms with Crippen molar-refractivity contribution in [2.45, 2.75) is 64.2 Å². The van der Waals surface area contributed by atoms with Crippen LogP contribution < -0.4 is 5.73 Å². The zero-order valence-corrected chi connectivity index (χ0v) is 11.6. The summed E-state index contributed by atoms with van der Waals surface area (Å²) in [5, 5.41) is 0. The Hall–Kier alpha value is -0.610. The molecule has 1 unspecified atom stereocenters. The van der Waals surface area contributed by atoms with Crippen molar-refractivity contribution in [3.05, 3.63) is 0 Å². The van der Waals surface area contributed by atoms with Crippen LogP contribution in [-0.4, -0.2) is 42.1 Å². The third kappa shape index (κ3) is 2.86. The predicted octanol–water partition coefficient (Wildman–Crippen LogP) is 1.53. The van der Waals surface area contributed by atoms with Gasteiger partial charge in [0.2, 0.25) is 0 Å². The van der Waals surface area contributed by atoms with Gasteiger partial charge in [-0.05, 0) is 38.0 Å². The summed E-state index contributed by atoms with van der Waals surface area (Å²) in [7, 11) is 0. The number of likely N-dealkylation sites (tertiary alicyclic amines) is 1. The van der Waals surface area contributed by atoms with E-state index >= 15 is 0 Å². The molecule has 3 atom stereocenters. The fourth-order valence-electron chi connectivity index (χ4n) is 3.17. The summed E-state index contributed by atoms with van der Waals surface area (Å²) in [6.45, 7) is 5.83. The molecule has 0 spiro atoms. The Balaban J connectivity index is 1.98. The molecule has 0 radical (unpaired) electrons. The highest BCUT2D eigenvalue weighted by Crippen LogP contribution is 2.27. The molecule has 0 saturated carbocycles. The highest BCUT2D eigenvalue weighted by atomic mass is 16.5. The maximum atomic E-state index is 12.5. The van der Waals surface area contributed by atoms with Crippen LogP contribution in [0.25, 0.3) is 0 Å². The van der Waals surface area contributed by atoms with Crippen molar-refractivity contribution in [3.8, 4) is 0 Å².